The van der Waals surface area contributed by atoms with E-state index in [9.17, 15) is 4.79 Å². The zero-order valence-electron chi connectivity index (χ0n) is 8.14. The van der Waals surface area contributed by atoms with Gasteiger partial charge >= 0.3 is 0 Å². The normalized spacial score (nSPS) is 11.3. The standard InChI is InChI=1S/C9H13N3O3/c10-8(12-14)4-1-5-11-9(13)7-3-2-6-15-7/h2-3,6,14H,1,4-5H2,(H2,10,12)(H,11,13). The topological polar surface area (TPSA) is 101 Å². The minimum atomic E-state index is -0.264. The lowest BCUT2D eigenvalue weighted by Gasteiger charge is -2.01. The number of hydrogen-bond acceptors (Lipinski definition) is 4. The predicted molar refractivity (Wildman–Crippen MR) is 53.7 cm³/mol. The fourth-order valence-corrected chi connectivity index (χ4v) is 1.02. The van der Waals surface area contributed by atoms with Gasteiger partial charge in [-0.1, -0.05) is 5.16 Å². The molecule has 82 valence electrons. The quantitative estimate of drug-likeness (QED) is 0.217. The van der Waals surface area contributed by atoms with Crippen LogP contribution in [-0.2, 0) is 0 Å². The Hall–Kier alpha value is -1.98. The molecule has 4 N–H and O–H groups in total. The van der Waals surface area contributed by atoms with Gasteiger partial charge in [0.05, 0.1) is 6.26 Å². The molecule has 0 atom stereocenters. The molecule has 1 rings (SSSR count). The SMILES string of the molecule is NC(CCCNC(=O)c1ccco1)=NO. The number of hydrogen-bond donors (Lipinski definition) is 3. The van der Waals surface area contributed by atoms with Gasteiger partial charge in [0.2, 0.25) is 0 Å². The Labute approximate surface area is 86.7 Å². The molecule has 0 aliphatic rings. The number of carbonyl (C=O) groups excluding carboxylic acids is 1. The maximum absolute atomic E-state index is 11.3. The van der Waals surface area contributed by atoms with E-state index in [1.54, 1.807) is 12.1 Å². The molecule has 0 fully saturated rings. The molecule has 0 aromatic carbocycles. The number of furan rings is 1. The number of carbonyl (C=O) groups is 1. The Kier molecular flexibility index (Phi) is 4.21. The Morgan fingerprint density at radius 3 is 3.07 bits per heavy atom. The van der Waals surface area contributed by atoms with Crippen molar-refractivity contribution in [2.75, 3.05) is 6.54 Å². The average molecular weight is 211 g/mol. The van der Waals surface area contributed by atoms with Crippen LogP contribution in [0.4, 0.5) is 0 Å². The van der Waals surface area contributed by atoms with E-state index in [2.05, 4.69) is 10.5 Å². The molecule has 6 heteroatoms. The van der Waals surface area contributed by atoms with Crippen LogP contribution in [0.25, 0.3) is 0 Å². The summed E-state index contributed by atoms with van der Waals surface area (Å²) in [5.74, 6) is 0.167. The third-order valence-electron chi connectivity index (χ3n) is 1.77. The van der Waals surface area contributed by atoms with E-state index in [0.717, 1.165) is 0 Å². The summed E-state index contributed by atoms with van der Waals surface area (Å²) in [4.78, 5) is 11.3. The molecule has 6 nitrogen and oxygen atoms in total. The lowest BCUT2D eigenvalue weighted by Crippen LogP contribution is -2.25. The highest BCUT2D eigenvalue weighted by molar-refractivity contribution is 5.91. The maximum atomic E-state index is 11.3. The van der Waals surface area contributed by atoms with Crippen molar-refractivity contribution in [3.05, 3.63) is 24.2 Å². The highest BCUT2D eigenvalue weighted by atomic mass is 16.4. The van der Waals surface area contributed by atoms with Gasteiger partial charge in [-0.05, 0) is 18.6 Å². The van der Waals surface area contributed by atoms with Gasteiger partial charge in [0, 0.05) is 13.0 Å². The van der Waals surface area contributed by atoms with Crippen LogP contribution in [0, 0.1) is 0 Å². The van der Waals surface area contributed by atoms with Crippen molar-refractivity contribution in [3.63, 3.8) is 0 Å². The number of amidine groups is 1. The number of amides is 1. The molecule has 0 unspecified atom stereocenters. The van der Waals surface area contributed by atoms with Crippen molar-refractivity contribution in [1.82, 2.24) is 5.32 Å². The van der Waals surface area contributed by atoms with Crippen molar-refractivity contribution in [3.8, 4) is 0 Å². The highest BCUT2D eigenvalue weighted by Crippen LogP contribution is 1.99. The monoisotopic (exact) mass is 211 g/mol. The summed E-state index contributed by atoms with van der Waals surface area (Å²) in [6, 6.07) is 3.23. The summed E-state index contributed by atoms with van der Waals surface area (Å²) in [7, 11) is 0. The molecule has 0 aliphatic carbocycles. The van der Waals surface area contributed by atoms with Crippen LogP contribution in [0.5, 0.6) is 0 Å². The van der Waals surface area contributed by atoms with Crippen LogP contribution >= 0.6 is 0 Å². The Morgan fingerprint density at radius 2 is 2.47 bits per heavy atom. The second-order valence-electron chi connectivity index (χ2n) is 2.93. The van der Waals surface area contributed by atoms with Crippen LogP contribution in [0.3, 0.4) is 0 Å². The number of nitrogens with two attached hydrogens (primary N) is 1. The smallest absolute Gasteiger partial charge is 0.286 e. The molecule has 0 radical (unpaired) electrons. The summed E-state index contributed by atoms with van der Waals surface area (Å²) in [5, 5.41) is 13.7. The molecule has 1 heterocycles. The second kappa shape index (κ2) is 5.69. The van der Waals surface area contributed by atoms with Crippen molar-refractivity contribution in [1.29, 1.82) is 0 Å². The third-order valence-corrected chi connectivity index (χ3v) is 1.77. The summed E-state index contributed by atoms with van der Waals surface area (Å²) in [6.45, 7) is 0.454. The molecule has 1 aromatic heterocycles. The van der Waals surface area contributed by atoms with Crippen molar-refractivity contribution in [2.24, 2.45) is 10.9 Å². The molecule has 0 bridgehead atoms. The number of oxime groups is 1. The van der Waals surface area contributed by atoms with Crippen LogP contribution in [0.2, 0.25) is 0 Å². The van der Waals surface area contributed by atoms with Gasteiger partial charge in [0.25, 0.3) is 5.91 Å². The molecule has 15 heavy (non-hydrogen) atoms. The number of nitrogens with zero attached hydrogens (tertiary/aromatic N) is 1. The van der Waals surface area contributed by atoms with Crippen molar-refractivity contribution >= 4 is 11.7 Å². The summed E-state index contributed by atoms with van der Waals surface area (Å²) in [5.41, 5.74) is 5.25. The van der Waals surface area contributed by atoms with Crippen LogP contribution < -0.4 is 11.1 Å². The van der Waals surface area contributed by atoms with E-state index in [4.69, 9.17) is 15.4 Å². The van der Waals surface area contributed by atoms with Gasteiger partial charge in [-0.15, -0.1) is 0 Å². The Bertz CT molecular complexity index is 332. The van der Waals surface area contributed by atoms with E-state index in [1.807, 2.05) is 0 Å². The largest absolute Gasteiger partial charge is 0.459 e. The van der Waals surface area contributed by atoms with Crippen molar-refractivity contribution in [2.45, 2.75) is 12.8 Å². The van der Waals surface area contributed by atoms with E-state index in [0.29, 0.717) is 19.4 Å². The third kappa shape index (κ3) is 3.72. The Balaban J connectivity index is 2.19. The van der Waals surface area contributed by atoms with E-state index < -0.39 is 0 Å². The first-order valence-electron chi connectivity index (χ1n) is 4.52. The first-order chi connectivity index (χ1) is 7.24. The van der Waals surface area contributed by atoms with Gasteiger partial charge < -0.3 is 20.7 Å². The fraction of sp³-hybridized carbons (Fsp3) is 0.333. The Morgan fingerprint density at radius 1 is 1.67 bits per heavy atom. The highest BCUT2D eigenvalue weighted by Gasteiger charge is 2.06. The van der Waals surface area contributed by atoms with Gasteiger partial charge in [0.15, 0.2) is 5.76 Å². The molecule has 1 aromatic rings. The molecule has 0 saturated heterocycles. The molecule has 0 saturated carbocycles. The molecular weight excluding hydrogens is 198 g/mol. The van der Waals surface area contributed by atoms with Gasteiger partial charge in [-0.25, -0.2) is 0 Å². The summed E-state index contributed by atoms with van der Waals surface area (Å²) < 4.78 is 4.89. The minimum Gasteiger partial charge on any atom is -0.459 e. The van der Waals surface area contributed by atoms with Crippen LogP contribution in [0.15, 0.2) is 28.0 Å². The van der Waals surface area contributed by atoms with Crippen molar-refractivity contribution < 1.29 is 14.4 Å². The van der Waals surface area contributed by atoms with E-state index >= 15 is 0 Å². The van der Waals surface area contributed by atoms with Crippen LogP contribution in [-0.4, -0.2) is 23.5 Å². The van der Waals surface area contributed by atoms with Gasteiger partial charge in [-0.3, -0.25) is 4.79 Å². The zero-order chi connectivity index (χ0) is 11.1. The lowest BCUT2D eigenvalue weighted by atomic mass is 10.3. The molecule has 1 amide bonds. The first kappa shape index (κ1) is 11.1. The maximum Gasteiger partial charge on any atom is 0.286 e. The fourth-order valence-electron chi connectivity index (χ4n) is 1.02. The van der Waals surface area contributed by atoms with E-state index in [1.165, 1.54) is 6.26 Å². The lowest BCUT2D eigenvalue weighted by molar-refractivity contribution is 0.0925. The zero-order valence-corrected chi connectivity index (χ0v) is 8.14. The first-order valence-corrected chi connectivity index (χ1v) is 4.52. The number of nitrogens with one attached hydrogen (secondary N) is 1. The van der Waals surface area contributed by atoms with Gasteiger partial charge in [-0.2, -0.15) is 0 Å². The predicted octanol–water partition coefficient (Wildman–Crippen LogP) is 0.536. The van der Waals surface area contributed by atoms with Crippen LogP contribution in [0.1, 0.15) is 23.4 Å². The molecular formula is C9H13N3O3. The summed E-state index contributed by atoms with van der Waals surface area (Å²) in [6.07, 6.45) is 2.49. The van der Waals surface area contributed by atoms with Gasteiger partial charge in [0.1, 0.15) is 5.84 Å². The minimum absolute atomic E-state index is 0.155. The average Bonchev–Trinajstić information content (AvgIpc) is 2.77. The van der Waals surface area contributed by atoms with E-state index in [-0.39, 0.29) is 17.5 Å². The number of rotatable bonds is 5. The second-order valence-corrected chi connectivity index (χ2v) is 2.93. The molecule has 0 aliphatic heterocycles. The summed E-state index contributed by atoms with van der Waals surface area (Å²) >= 11 is 0. The molecule has 0 spiro atoms.